The third-order valence-electron chi connectivity index (χ3n) is 9.29. The second-order valence-corrected chi connectivity index (χ2v) is 14.4. The molecule has 51 heavy (non-hydrogen) atoms. The Morgan fingerprint density at radius 3 is 2.12 bits per heavy atom. The number of pyridine rings is 3. The predicted molar refractivity (Wildman–Crippen MR) is 207 cm³/mol. The first-order chi connectivity index (χ1) is 23.9. The van der Waals surface area contributed by atoms with Crippen molar-refractivity contribution >= 4 is 32.8 Å². The van der Waals surface area contributed by atoms with Crippen LogP contribution < -0.4 is 0 Å². The molecule has 4 nitrogen and oxygen atoms in total. The standard InChI is InChI=1S/C33H29N2O.C13H12N.Ir/c1-19-14-23-15-24(33(4,5)6)12-11-22(23)16-28(19)29-17-30(34-18-20(29)2)27-9-7-8-25-26-13-10-21(3)35-32(26)36-31(25)27;1-10-3-6-12(7-4-10)13-8-5-11(2)9-14-13;/h7-8,10-18H,1-6H3;3-6,8-9H,1-2H3;/q2*-1;. The van der Waals surface area contributed by atoms with Crippen LogP contribution in [0, 0.1) is 46.8 Å². The Kier molecular flexibility index (Phi) is 10.1. The number of furan rings is 1. The maximum atomic E-state index is 6.23. The maximum absolute atomic E-state index is 6.23. The van der Waals surface area contributed by atoms with Gasteiger partial charge < -0.3 is 14.4 Å². The van der Waals surface area contributed by atoms with Crippen LogP contribution in [0.1, 0.15) is 54.3 Å². The number of rotatable bonds is 3. The van der Waals surface area contributed by atoms with Gasteiger partial charge in [0.1, 0.15) is 0 Å². The minimum Gasteiger partial charge on any atom is -0.486 e. The van der Waals surface area contributed by atoms with Gasteiger partial charge in [-0.1, -0.05) is 81.1 Å². The molecule has 0 aliphatic carbocycles. The van der Waals surface area contributed by atoms with E-state index < -0.39 is 0 Å². The van der Waals surface area contributed by atoms with Crippen molar-refractivity contribution in [2.45, 2.75) is 60.8 Å². The van der Waals surface area contributed by atoms with E-state index in [0.717, 1.165) is 50.1 Å². The van der Waals surface area contributed by atoms with Gasteiger partial charge in [0.2, 0.25) is 5.71 Å². The summed E-state index contributed by atoms with van der Waals surface area (Å²) < 4.78 is 6.23. The number of hydrogen-bond acceptors (Lipinski definition) is 4. The number of hydrogen-bond donors (Lipinski definition) is 0. The van der Waals surface area contributed by atoms with Gasteiger partial charge in [0.15, 0.2) is 0 Å². The molecule has 0 aliphatic heterocycles. The predicted octanol–water partition coefficient (Wildman–Crippen LogP) is 12.0. The Morgan fingerprint density at radius 1 is 0.627 bits per heavy atom. The van der Waals surface area contributed by atoms with Gasteiger partial charge in [0.25, 0.3) is 0 Å². The van der Waals surface area contributed by atoms with Crippen molar-refractivity contribution in [1.82, 2.24) is 15.0 Å². The summed E-state index contributed by atoms with van der Waals surface area (Å²) in [5.41, 5.74) is 14.8. The molecule has 0 saturated heterocycles. The van der Waals surface area contributed by atoms with Crippen molar-refractivity contribution in [3.63, 3.8) is 0 Å². The fourth-order valence-corrected chi connectivity index (χ4v) is 6.31. The van der Waals surface area contributed by atoms with E-state index >= 15 is 0 Å². The van der Waals surface area contributed by atoms with Crippen LogP contribution in [0.4, 0.5) is 0 Å². The van der Waals surface area contributed by atoms with Crippen LogP contribution in [0.25, 0.3) is 66.5 Å². The summed E-state index contributed by atoms with van der Waals surface area (Å²) in [5, 5.41) is 4.57. The van der Waals surface area contributed by atoms with Gasteiger partial charge in [0.05, 0.1) is 5.58 Å². The van der Waals surface area contributed by atoms with Crippen molar-refractivity contribution < 1.29 is 24.5 Å². The smallest absolute Gasteiger partial charge is 0.216 e. The van der Waals surface area contributed by atoms with Crippen LogP contribution in [0.3, 0.4) is 0 Å². The molecule has 0 spiro atoms. The number of aryl methyl sites for hydroxylation is 5. The molecule has 5 heteroatoms. The van der Waals surface area contributed by atoms with E-state index in [0.29, 0.717) is 5.71 Å². The van der Waals surface area contributed by atoms with Crippen molar-refractivity contribution in [3.8, 4) is 33.6 Å². The third kappa shape index (κ3) is 7.42. The van der Waals surface area contributed by atoms with Crippen LogP contribution in [-0.4, -0.2) is 15.0 Å². The van der Waals surface area contributed by atoms with Gasteiger partial charge in [0, 0.05) is 43.6 Å². The normalized spacial score (nSPS) is 11.4. The molecule has 4 aromatic heterocycles. The summed E-state index contributed by atoms with van der Waals surface area (Å²) >= 11 is 0. The summed E-state index contributed by atoms with van der Waals surface area (Å²) in [6.07, 6.45) is 3.83. The number of fused-ring (bicyclic) bond motifs is 4. The van der Waals surface area contributed by atoms with Crippen molar-refractivity contribution in [2.75, 3.05) is 0 Å². The average molecular weight is 844 g/mol. The molecule has 0 aliphatic rings. The number of nitrogens with zero attached hydrogens (tertiary/aromatic N) is 3. The molecule has 4 aromatic carbocycles. The Bertz CT molecular complexity index is 2460. The summed E-state index contributed by atoms with van der Waals surface area (Å²) in [4.78, 5) is 13.7. The molecule has 8 rings (SSSR count). The molecule has 4 heterocycles. The topological polar surface area (TPSA) is 51.8 Å². The van der Waals surface area contributed by atoms with Gasteiger partial charge in [-0.3, -0.25) is 0 Å². The van der Waals surface area contributed by atoms with E-state index in [1.807, 2.05) is 62.6 Å². The molecule has 0 amide bonds. The van der Waals surface area contributed by atoms with Crippen LogP contribution >= 0.6 is 0 Å². The monoisotopic (exact) mass is 844 g/mol. The van der Waals surface area contributed by atoms with Crippen LogP contribution in [-0.2, 0) is 25.5 Å². The fourth-order valence-electron chi connectivity index (χ4n) is 6.31. The van der Waals surface area contributed by atoms with E-state index in [2.05, 4.69) is 118 Å². The molecule has 0 atom stereocenters. The van der Waals surface area contributed by atoms with Gasteiger partial charge in [-0.2, -0.15) is 0 Å². The Hall–Kier alpha value is -4.96. The summed E-state index contributed by atoms with van der Waals surface area (Å²) in [7, 11) is 0. The van der Waals surface area contributed by atoms with E-state index in [1.54, 1.807) is 0 Å². The molecule has 0 fully saturated rings. The van der Waals surface area contributed by atoms with Crippen molar-refractivity contribution in [2.24, 2.45) is 0 Å². The summed E-state index contributed by atoms with van der Waals surface area (Å²) in [6.45, 7) is 17.2. The van der Waals surface area contributed by atoms with E-state index in [4.69, 9.17) is 9.40 Å². The van der Waals surface area contributed by atoms with Crippen LogP contribution in [0.5, 0.6) is 0 Å². The maximum Gasteiger partial charge on any atom is 0.216 e. The molecule has 0 unspecified atom stereocenters. The summed E-state index contributed by atoms with van der Waals surface area (Å²) in [5.74, 6) is 0. The minimum absolute atomic E-state index is 0. The largest absolute Gasteiger partial charge is 0.486 e. The first-order valence-corrected chi connectivity index (χ1v) is 17.1. The molecule has 0 N–H and O–H groups in total. The van der Waals surface area contributed by atoms with Gasteiger partial charge >= 0.3 is 0 Å². The second kappa shape index (κ2) is 14.3. The SMILES string of the molecule is Cc1c[c-]c(-c2ccc(C)cn2)cc1.Cc1ccc2c(n1)oc1c(-c3cc(-c4cc5ccc(C(C)(C)C)cc5cc4C)c(C)cn3)[c-]ccc12.[Ir]. The van der Waals surface area contributed by atoms with E-state index in [1.165, 1.54) is 44.2 Å². The van der Waals surface area contributed by atoms with Gasteiger partial charge in [-0.05, 0) is 107 Å². The minimum atomic E-state index is 0. The zero-order valence-electron chi connectivity index (χ0n) is 30.4. The zero-order chi connectivity index (χ0) is 35.2. The molecule has 0 bridgehead atoms. The second-order valence-electron chi connectivity index (χ2n) is 14.4. The van der Waals surface area contributed by atoms with E-state index in [9.17, 15) is 0 Å². The average Bonchev–Trinajstić information content (AvgIpc) is 3.46. The van der Waals surface area contributed by atoms with Crippen LogP contribution in [0.2, 0.25) is 0 Å². The fraction of sp³-hybridized carbons (Fsp3) is 0.196. The third-order valence-corrected chi connectivity index (χ3v) is 9.29. The molecule has 257 valence electrons. The first-order valence-electron chi connectivity index (χ1n) is 17.1. The van der Waals surface area contributed by atoms with E-state index in [-0.39, 0.29) is 25.5 Å². The molecule has 8 aromatic rings. The Balaban J connectivity index is 0.000000251. The quantitative estimate of drug-likeness (QED) is 0.166. The van der Waals surface area contributed by atoms with Crippen molar-refractivity contribution in [3.05, 3.63) is 149 Å². The van der Waals surface area contributed by atoms with Crippen LogP contribution in [0.15, 0.2) is 108 Å². The van der Waals surface area contributed by atoms with Crippen molar-refractivity contribution in [1.29, 1.82) is 0 Å². The van der Waals surface area contributed by atoms with Gasteiger partial charge in [-0.25, -0.2) is 4.98 Å². The van der Waals surface area contributed by atoms with Gasteiger partial charge in [-0.15, -0.1) is 53.6 Å². The Morgan fingerprint density at radius 2 is 1.39 bits per heavy atom. The first kappa shape index (κ1) is 35.9. The number of aromatic nitrogens is 3. The summed E-state index contributed by atoms with van der Waals surface area (Å²) in [6, 6.07) is 38.5. The zero-order valence-corrected chi connectivity index (χ0v) is 32.8. The Labute approximate surface area is 314 Å². The molecule has 1 radical (unpaired) electrons. The molecular formula is C46H41IrN3O-2. The molecule has 0 saturated carbocycles. The number of benzene rings is 4. The molecular weight excluding hydrogens is 803 g/mol.